The zero-order chi connectivity index (χ0) is 23.4. The number of carbonyl (C=O) groups excluding carboxylic acids is 1. The number of hydrogen-bond acceptors (Lipinski definition) is 7. The maximum absolute atomic E-state index is 14.2. The van der Waals surface area contributed by atoms with E-state index in [1.54, 1.807) is 4.90 Å². The summed E-state index contributed by atoms with van der Waals surface area (Å²) >= 11 is 0.988. The van der Waals surface area contributed by atoms with E-state index in [-0.39, 0.29) is 40.8 Å². The molecule has 1 aromatic carbocycles. The number of nitrogens with zero attached hydrogens (tertiary/aromatic N) is 4. The number of fused-ring (bicyclic) bond motifs is 2. The van der Waals surface area contributed by atoms with E-state index in [4.69, 9.17) is 4.74 Å². The van der Waals surface area contributed by atoms with E-state index < -0.39 is 34.9 Å². The van der Waals surface area contributed by atoms with Crippen molar-refractivity contribution in [3.05, 3.63) is 56.5 Å². The molecule has 1 fully saturated rings. The van der Waals surface area contributed by atoms with Gasteiger partial charge in [-0.05, 0) is 30.8 Å². The van der Waals surface area contributed by atoms with Gasteiger partial charge in [0.15, 0.2) is 22.7 Å². The van der Waals surface area contributed by atoms with Crippen LogP contribution in [-0.4, -0.2) is 49.6 Å². The van der Waals surface area contributed by atoms with Crippen LogP contribution in [0.5, 0.6) is 5.75 Å². The zero-order valence-electron chi connectivity index (χ0n) is 17.4. The van der Waals surface area contributed by atoms with Crippen molar-refractivity contribution < 1.29 is 23.4 Å². The average Bonchev–Trinajstić information content (AvgIpc) is 3.21. The van der Waals surface area contributed by atoms with Gasteiger partial charge in [0, 0.05) is 24.2 Å². The number of rotatable bonds is 3. The second kappa shape index (κ2) is 8.23. The van der Waals surface area contributed by atoms with Crippen molar-refractivity contribution in [3.63, 3.8) is 0 Å². The van der Waals surface area contributed by atoms with E-state index in [1.165, 1.54) is 22.9 Å². The lowest BCUT2D eigenvalue weighted by Crippen LogP contribution is -2.56. The van der Waals surface area contributed by atoms with Crippen LogP contribution in [0.1, 0.15) is 34.4 Å². The molecule has 2 aromatic heterocycles. The molecule has 12 heteroatoms. The normalized spacial score (nSPS) is 20.0. The summed E-state index contributed by atoms with van der Waals surface area (Å²) in [4.78, 5) is 27.4. The molecule has 0 bridgehead atoms. The van der Waals surface area contributed by atoms with E-state index in [2.05, 4.69) is 19.4 Å². The molecule has 2 aliphatic heterocycles. The summed E-state index contributed by atoms with van der Waals surface area (Å²) < 4.78 is 35.6. The van der Waals surface area contributed by atoms with Gasteiger partial charge in [0.2, 0.25) is 5.43 Å². The van der Waals surface area contributed by atoms with E-state index >= 15 is 0 Å². The van der Waals surface area contributed by atoms with E-state index in [9.17, 15) is 23.5 Å². The molecule has 1 N–H and O–H groups in total. The van der Waals surface area contributed by atoms with Crippen molar-refractivity contribution in [2.24, 2.45) is 0 Å². The van der Waals surface area contributed by atoms with Gasteiger partial charge in [0.1, 0.15) is 16.6 Å². The highest BCUT2D eigenvalue weighted by Gasteiger charge is 2.40. The van der Waals surface area contributed by atoms with Crippen molar-refractivity contribution in [1.82, 2.24) is 19.7 Å². The predicted molar refractivity (Wildman–Crippen MR) is 120 cm³/mol. The first kappa shape index (κ1) is 22.1. The van der Waals surface area contributed by atoms with Gasteiger partial charge in [0.25, 0.3) is 5.91 Å². The fourth-order valence-corrected chi connectivity index (χ4v) is 5.34. The molecule has 172 valence electrons. The lowest BCUT2D eigenvalue weighted by Gasteiger charge is -2.44. The Labute approximate surface area is 193 Å². The minimum atomic E-state index is -0.758. The molecule has 0 radical (unpaired) electrons. The number of carbonyl (C=O) groups is 1. The minimum absolute atomic E-state index is 0.0476. The van der Waals surface area contributed by atoms with Gasteiger partial charge in [-0.15, -0.1) is 19.4 Å². The molecule has 2 aliphatic rings. The Hall–Kier alpha value is -2.75. The van der Waals surface area contributed by atoms with Crippen molar-refractivity contribution in [2.45, 2.75) is 38.6 Å². The van der Waals surface area contributed by atoms with Crippen LogP contribution in [0.4, 0.5) is 8.78 Å². The smallest absolute Gasteiger partial charge is 0.276 e. The molecule has 3 atom stereocenters. The van der Waals surface area contributed by atoms with Gasteiger partial charge in [-0.3, -0.25) is 9.59 Å². The fourth-order valence-electron chi connectivity index (χ4n) is 4.19. The van der Waals surface area contributed by atoms with Crippen LogP contribution < -0.4 is 10.7 Å². The third kappa shape index (κ3) is 3.74. The Morgan fingerprint density at radius 2 is 2.00 bits per heavy atom. The van der Waals surface area contributed by atoms with Gasteiger partial charge in [-0.2, -0.15) is 0 Å². The molecular formula is C21H19F2N4O4PS. The molecule has 0 saturated carbocycles. The quantitative estimate of drug-likeness (QED) is 0.562. The zero-order valence-corrected chi connectivity index (χ0v) is 19.4. The van der Waals surface area contributed by atoms with E-state index in [1.807, 2.05) is 6.92 Å². The van der Waals surface area contributed by atoms with Crippen LogP contribution in [0.2, 0.25) is 0 Å². The summed E-state index contributed by atoms with van der Waals surface area (Å²) in [6.45, 7) is 2.65. The first-order valence-electron chi connectivity index (χ1n) is 10.2. The molecule has 33 heavy (non-hydrogen) atoms. The largest absolute Gasteiger partial charge is 0.503 e. The minimum Gasteiger partial charge on any atom is -0.503 e. The molecule has 8 nitrogen and oxygen atoms in total. The molecular weight excluding hydrogens is 473 g/mol. The SMILES string of the molecule is C[C@H]1CCOC2Cn3cc(-c4nnc(Cc5c(F)cc(P)cc5F)s4)c(=O)c(O)c3C(=O)N21. The number of halogens is 2. The van der Waals surface area contributed by atoms with Gasteiger partial charge in [-0.1, -0.05) is 11.3 Å². The Morgan fingerprint density at radius 3 is 2.73 bits per heavy atom. The second-order valence-electron chi connectivity index (χ2n) is 8.04. The summed E-state index contributed by atoms with van der Waals surface area (Å²) in [5.74, 6) is -2.54. The van der Waals surface area contributed by atoms with Crippen LogP contribution >= 0.6 is 20.6 Å². The monoisotopic (exact) mass is 492 g/mol. The third-order valence-electron chi connectivity index (χ3n) is 5.87. The summed E-state index contributed by atoms with van der Waals surface area (Å²) in [6.07, 6.45) is 1.47. The van der Waals surface area contributed by atoms with Crippen LogP contribution in [-0.2, 0) is 17.7 Å². The molecule has 1 amide bonds. The predicted octanol–water partition coefficient (Wildman–Crippen LogP) is 2.03. The number of pyridine rings is 1. The molecule has 0 spiro atoms. The van der Waals surface area contributed by atoms with Crippen molar-refractivity contribution in [1.29, 1.82) is 0 Å². The summed E-state index contributed by atoms with van der Waals surface area (Å²) in [5, 5.41) is 19.4. The number of aromatic hydroxyl groups is 1. The van der Waals surface area contributed by atoms with E-state index in [0.29, 0.717) is 23.3 Å². The first-order valence-corrected chi connectivity index (χ1v) is 11.6. The maximum Gasteiger partial charge on any atom is 0.276 e. The Kier molecular flexibility index (Phi) is 5.50. The van der Waals surface area contributed by atoms with Gasteiger partial charge in [-0.25, -0.2) is 8.78 Å². The van der Waals surface area contributed by atoms with Crippen LogP contribution in [0.25, 0.3) is 10.6 Å². The van der Waals surface area contributed by atoms with Crippen molar-refractivity contribution in [3.8, 4) is 16.3 Å². The van der Waals surface area contributed by atoms with Gasteiger partial charge in [0.05, 0.1) is 18.7 Å². The standard InChI is InChI=1S/C21H19F2N4O4PS/c1-9-2-3-31-16-8-26-7-12(18(28)19(29)17(26)21(30)27(9)16)20-25-24-15(33-20)6-11-13(22)4-10(32)5-14(11)23/h4-5,7,9,16,29H,2-3,6,8,32H2,1H3/t9-,16?/m0/s1. The first-order chi connectivity index (χ1) is 15.7. The van der Waals surface area contributed by atoms with Crippen LogP contribution in [0, 0.1) is 11.6 Å². The molecule has 2 unspecified atom stereocenters. The second-order valence-corrected chi connectivity index (χ2v) is 9.77. The molecule has 3 aromatic rings. The lowest BCUT2D eigenvalue weighted by molar-refractivity contribution is -0.112. The number of hydrogen-bond donors (Lipinski definition) is 1. The fraction of sp³-hybridized carbons (Fsp3) is 0.333. The van der Waals surface area contributed by atoms with Gasteiger partial charge < -0.3 is 19.3 Å². The molecule has 4 heterocycles. The number of benzene rings is 1. The Morgan fingerprint density at radius 1 is 1.27 bits per heavy atom. The highest BCUT2D eigenvalue weighted by Crippen LogP contribution is 2.32. The van der Waals surface area contributed by atoms with Crippen molar-refractivity contribution >= 4 is 31.8 Å². The lowest BCUT2D eigenvalue weighted by atomic mass is 10.1. The van der Waals surface area contributed by atoms with Crippen LogP contribution in [0.3, 0.4) is 0 Å². The maximum atomic E-state index is 14.2. The van der Waals surface area contributed by atoms with Gasteiger partial charge >= 0.3 is 0 Å². The van der Waals surface area contributed by atoms with Crippen LogP contribution in [0.15, 0.2) is 23.1 Å². The van der Waals surface area contributed by atoms with Crippen molar-refractivity contribution in [2.75, 3.05) is 6.61 Å². The summed E-state index contributed by atoms with van der Waals surface area (Å²) in [5.41, 5.74) is -0.954. The Balaban J connectivity index is 1.51. The number of ether oxygens (including phenoxy) is 1. The summed E-state index contributed by atoms with van der Waals surface area (Å²) in [6, 6.07) is 2.33. The Bertz CT molecular complexity index is 1320. The average molecular weight is 492 g/mol. The molecule has 0 aliphatic carbocycles. The number of aromatic nitrogens is 3. The topological polar surface area (TPSA) is 97.5 Å². The third-order valence-corrected chi connectivity index (χ3v) is 7.16. The highest BCUT2D eigenvalue weighted by molar-refractivity contribution is 7.27. The summed E-state index contributed by atoms with van der Waals surface area (Å²) in [7, 11) is 2.24. The molecule has 1 saturated heterocycles. The highest BCUT2D eigenvalue weighted by atomic mass is 32.1. The molecule has 5 rings (SSSR count). The van der Waals surface area contributed by atoms with E-state index in [0.717, 1.165) is 11.3 Å². The number of amides is 1.